The van der Waals surface area contributed by atoms with Gasteiger partial charge in [-0.3, -0.25) is 14.5 Å². The number of carbonyl (C=O) groups excluding carboxylic acids is 1. The van der Waals surface area contributed by atoms with Crippen molar-refractivity contribution >= 4 is 27.4 Å². The number of ether oxygens (including phenoxy) is 3. The fraction of sp³-hybridized carbons (Fsp3) is 0.263. The minimum atomic E-state index is -4.19. The Hall–Kier alpha value is -5.49. The van der Waals surface area contributed by atoms with Crippen molar-refractivity contribution in [2.45, 2.75) is 57.3 Å². The summed E-state index contributed by atoms with van der Waals surface area (Å²) < 4.78 is 48.1. The first kappa shape index (κ1) is 35.8. The van der Waals surface area contributed by atoms with E-state index in [-0.39, 0.29) is 64.2 Å². The number of nitrogens with one attached hydrogen (secondary N) is 2. The van der Waals surface area contributed by atoms with Gasteiger partial charge in [-0.1, -0.05) is 83.1 Å². The number of aromatic nitrogens is 3. The van der Waals surface area contributed by atoms with E-state index in [9.17, 15) is 13.2 Å². The Bertz CT molecular complexity index is 2050. The maximum absolute atomic E-state index is 13.8. The van der Waals surface area contributed by atoms with Crippen molar-refractivity contribution in [2.75, 3.05) is 23.8 Å². The van der Waals surface area contributed by atoms with Crippen LogP contribution in [0.1, 0.15) is 58.1 Å². The van der Waals surface area contributed by atoms with Gasteiger partial charge < -0.3 is 19.5 Å². The zero-order valence-electron chi connectivity index (χ0n) is 28.9. The lowest BCUT2D eigenvalue weighted by Gasteiger charge is -2.20. The van der Waals surface area contributed by atoms with Crippen LogP contribution in [0.3, 0.4) is 0 Å². The number of rotatable bonds is 13. The van der Waals surface area contributed by atoms with E-state index in [2.05, 4.69) is 38.8 Å². The third-order valence-corrected chi connectivity index (χ3v) is 9.05. The number of carbonyl (C=O) groups is 1. The maximum atomic E-state index is 13.8. The number of methoxy groups -OCH3 is 1. The van der Waals surface area contributed by atoms with Crippen molar-refractivity contribution in [3.05, 3.63) is 108 Å². The maximum Gasteiger partial charge on any atom is 0.263 e. The molecule has 0 fully saturated rings. The topological polar surface area (TPSA) is 142 Å². The highest BCUT2D eigenvalue weighted by atomic mass is 32.2. The van der Waals surface area contributed by atoms with Gasteiger partial charge in [0.2, 0.25) is 11.7 Å². The number of pyridine rings is 1. The SMILES string of the molecule is COc1ccccc1Oc1c(NS(=O)(=O)c2ccc(C(C)(C)C)cc2)nc(-c2ccccn2)nc1OCCC(=O)Nc1ccccc1C(C)C. The molecule has 5 aromatic rings. The van der Waals surface area contributed by atoms with Gasteiger partial charge in [0.15, 0.2) is 23.1 Å². The molecule has 0 aliphatic rings. The monoisotopic (exact) mass is 695 g/mol. The third-order valence-electron chi connectivity index (χ3n) is 7.70. The van der Waals surface area contributed by atoms with Gasteiger partial charge in [0.05, 0.1) is 25.0 Å². The van der Waals surface area contributed by atoms with Gasteiger partial charge >= 0.3 is 0 Å². The Morgan fingerprint density at radius 3 is 2.20 bits per heavy atom. The number of sulfonamides is 1. The van der Waals surface area contributed by atoms with Gasteiger partial charge in [0, 0.05) is 11.9 Å². The normalized spacial score (nSPS) is 11.6. The Morgan fingerprint density at radius 2 is 1.54 bits per heavy atom. The second-order valence-corrected chi connectivity index (χ2v) is 14.4. The van der Waals surface area contributed by atoms with Gasteiger partial charge in [-0.15, -0.1) is 0 Å². The van der Waals surface area contributed by atoms with E-state index in [4.69, 9.17) is 14.2 Å². The van der Waals surface area contributed by atoms with Gasteiger partial charge in [-0.2, -0.15) is 4.98 Å². The predicted octanol–water partition coefficient (Wildman–Crippen LogP) is 7.97. The summed E-state index contributed by atoms with van der Waals surface area (Å²) in [6.45, 7) is 10.1. The molecule has 2 aromatic heterocycles. The molecule has 0 unspecified atom stereocenters. The molecule has 0 atom stereocenters. The molecule has 11 nitrogen and oxygen atoms in total. The zero-order chi connectivity index (χ0) is 35.9. The molecule has 0 aliphatic heterocycles. The lowest BCUT2D eigenvalue weighted by atomic mass is 9.87. The predicted molar refractivity (Wildman–Crippen MR) is 194 cm³/mol. The lowest BCUT2D eigenvalue weighted by Crippen LogP contribution is -2.18. The lowest BCUT2D eigenvalue weighted by molar-refractivity contribution is -0.116. The number of anilines is 2. The quantitative estimate of drug-likeness (QED) is 0.125. The van der Waals surface area contributed by atoms with E-state index in [0.29, 0.717) is 11.4 Å². The Balaban J connectivity index is 1.53. The van der Waals surface area contributed by atoms with Crippen molar-refractivity contribution in [3.8, 4) is 34.6 Å². The number of nitrogens with zero attached hydrogens (tertiary/aromatic N) is 3. The highest BCUT2D eigenvalue weighted by molar-refractivity contribution is 7.92. The number of para-hydroxylation sites is 3. The van der Waals surface area contributed by atoms with Crippen molar-refractivity contribution in [2.24, 2.45) is 0 Å². The molecule has 12 heteroatoms. The molecule has 0 spiro atoms. The number of benzene rings is 3. The van der Waals surface area contributed by atoms with Crippen molar-refractivity contribution < 1.29 is 27.4 Å². The molecule has 0 saturated carbocycles. The molecule has 3 aromatic carbocycles. The van der Waals surface area contributed by atoms with E-state index in [1.54, 1.807) is 60.8 Å². The molecule has 0 bridgehead atoms. The van der Waals surface area contributed by atoms with Crippen LogP contribution in [0.2, 0.25) is 0 Å². The summed E-state index contributed by atoms with van der Waals surface area (Å²) in [6.07, 6.45) is 1.53. The minimum absolute atomic E-state index is 0.0209. The summed E-state index contributed by atoms with van der Waals surface area (Å²) >= 11 is 0. The molecule has 2 heterocycles. The second kappa shape index (κ2) is 15.4. The summed E-state index contributed by atoms with van der Waals surface area (Å²) in [4.78, 5) is 26.6. The van der Waals surface area contributed by atoms with E-state index >= 15 is 0 Å². The van der Waals surface area contributed by atoms with Crippen LogP contribution >= 0.6 is 0 Å². The van der Waals surface area contributed by atoms with E-state index < -0.39 is 10.0 Å². The summed E-state index contributed by atoms with van der Waals surface area (Å²) in [5.41, 5.74) is 2.90. The highest BCUT2D eigenvalue weighted by Gasteiger charge is 2.26. The molecule has 0 saturated heterocycles. The molecule has 50 heavy (non-hydrogen) atoms. The first-order valence-corrected chi connectivity index (χ1v) is 17.6. The second-order valence-electron chi connectivity index (χ2n) is 12.8. The summed E-state index contributed by atoms with van der Waals surface area (Å²) in [5.74, 6) is 0.207. The molecule has 2 N–H and O–H groups in total. The average Bonchev–Trinajstić information content (AvgIpc) is 3.09. The van der Waals surface area contributed by atoms with Crippen molar-refractivity contribution in [3.63, 3.8) is 0 Å². The van der Waals surface area contributed by atoms with E-state index in [0.717, 1.165) is 16.8 Å². The largest absolute Gasteiger partial charge is 0.493 e. The zero-order valence-corrected chi connectivity index (χ0v) is 29.7. The van der Waals surface area contributed by atoms with Crippen molar-refractivity contribution in [1.29, 1.82) is 0 Å². The van der Waals surface area contributed by atoms with Gasteiger partial charge in [-0.25, -0.2) is 13.4 Å². The highest BCUT2D eigenvalue weighted by Crippen LogP contribution is 2.41. The van der Waals surface area contributed by atoms with E-state index in [1.165, 1.54) is 19.2 Å². The third kappa shape index (κ3) is 8.75. The summed E-state index contributed by atoms with van der Waals surface area (Å²) in [5, 5.41) is 2.96. The molecule has 0 radical (unpaired) electrons. The fourth-order valence-corrected chi connectivity index (χ4v) is 6.00. The summed E-state index contributed by atoms with van der Waals surface area (Å²) in [7, 11) is -2.71. The molecular weight excluding hydrogens is 655 g/mol. The van der Waals surface area contributed by atoms with E-state index in [1.807, 2.05) is 45.0 Å². The Morgan fingerprint density at radius 1 is 0.860 bits per heavy atom. The number of hydrogen-bond acceptors (Lipinski definition) is 9. The molecular formula is C38H41N5O6S. The molecule has 0 aliphatic carbocycles. The molecule has 260 valence electrons. The standard InChI is InChI=1S/C38H41N5O6S/c1-25(2)28-13-7-8-14-29(28)40-33(44)22-24-48-37-34(49-32-17-10-9-16-31(32)47-6)36(41-35(42-37)30-15-11-12-23-39-30)43-50(45,46)27-20-18-26(19-21-27)38(3,4)5/h7-21,23,25H,22,24H2,1-6H3,(H,40,44)(H,41,42,43). The summed E-state index contributed by atoms with van der Waals surface area (Å²) in [6, 6.07) is 26.3. The van der Waals surface area contributed by atoms with Crippen LogP contribution in [0.15, 0.2) is 102 Å². The molecule has 5 rings (SSSR count). The van der Waals surface area contributed by atoms with Crippen LogP contribution < -0.4 is 24.2 Å². The van der Waals surface area contributed by atoms with Crippen LogP contribution in [0, 0.1) is 0 Å². The van der Waals surface area contributed by atoms with Gasteiger partial charge in [0.25, 0.3) is 15.9 Å². The number of hydrogen-bond donors (Lipinski definition) is 2. The van der Waals surface area contributed by atoms with Crippen LogP contribution in [-0.4, -0.2) is 43.0 Å². The minimum Gasteiger partial charge on any atom is -0.493 e. The smallest absolute Gasteiger partial charge is 0.263 e. The Kier molecular flexibility index (Phi) is 11.0. The number of amides is 1. The fourth-order valence-electron chi connectivity index (χ4n) is 5.00. The van der Waals surface area contributed by atoms with Crippen LogP contribution in [0.4, 0.5) is 11.5 Å². The van der Waals surface area contributed by atoms with Crippen LogP contribution in [-0.2, 0) is 20.2 Å². The van der Waals surface area contributed by atoms with Crippen LogP contribution in [0.5, 0.6) is 23.1 Å². The molecule has 1 amide bonds. The Labute approximate surface area is 293 Å². The first-order valence-electron chi connectivity index (χ1n) is 16.1. The first-order chi connectivity index (χ1) is 23.9. The average molecular weight is 696 g/mol. The van der Waals surface area contributed by atoms with Gasteiger partial charge in [-0.05, 0) is 64.9 Å². The van der Waals surface area contributed by atoms with Gasteiger partial charge in [0.1, 0.15) is 5.69 Å². The van der Waals surface area contributed by atoms with Crippen LogP contribution in [0.25, 0.3) is 11.5 Å². The van der Waals surface area contributed by atoms with Crippen molar-refractivity contribution in [1.82, 2.24) is 15.0 Å².